The van der Waals surface area contributed by atoms with E-state index in [0.717, 1.165) is 0 Å². The molecule has 0 bridgehead atoms. The Hall–Kier alpha value is -0.440. The van der Waals surface area contributed by atoms with E-state index in [2.05, 4.69) is 25.3 Å². The predicted octanol–water partition coefficient (Wildman–Crippen LogP) is -0.533. The van der Waals surface area contributed by atoms with Gasteiger partial charge in [0, 0.05) is 0 Å². The Morgan fingerprint density at radius 1 is 0.944 bits per heavy atom. The van der Waals surface area contributed by atoms with Crippen LogP contribution in [-0.2, 0) is 28.5 Å². The van der Waals surface area contributed by atoms with E-state index in [1.54, 1.807) is 0 Å². The van der Waals surface area contributed by atoms with Gasteiger partial charge >= 0.3 is 11.9 Å². The van der Waals surface area contributed by atoms with Gasteiger partial charge in [-0.2, -0.15) is 25.3 Å². The molecule has 2 fully saturated rings. The second-order valence-electron chi connectivity index (χ2n) is 3.97. The van der Waals surface area contributed by atoms with Gasteiger partial charge in [-0.05, 0) is 0 Å². The fourth-order valence-electron chi connectivity index (χ4n) is 2.04. The molecule has 6 nitrogen and oxygen atoms in total. The van der Waals surface area contributed by atoms with Gasteiger partial charge in [-0.1, -0.05) is 0 Å². The van der Waals surface area contributed by atoms with Crippen molar-refractivity contribution in [1.29, 1.82) is 0 Å². The van der Waals surface area contributed by atoms with Gasteiger partial charge in [0.2, 0.25) is 0 Å². The van der Waals surface area contributed by atoms with Crippen LogP contribution in [0, 0.1) is 0 Å². The second kappa shape index (κ2) is 6.14. The first-order valence-electron chi connectivity index (χ1n) is 5.49. The van der Waals surface area contributed by atoms with Crippen LogP contribution < -0.4 is 0 Å². The lowest BCUT2D eigenvalue weighted by atomic mass is 10.1. The predicted molar refractivity (Wildman–Crippen MR) is 66.9 cm³/mol. The second-order valence-corrected chi connectivity index (χ2v) is 4.60. The summed E-state index contributed by atoms with van der Waals surface area (Å²) in [6.45, 7) is 0.480. The van der Waals surface area contributed by atoms with Crippen LogP contribution >= 0.6 is 25.3 Å². The zero-order valence-corrected chi connectivity index (χ0v) is 11.3. The molecular weight excluding hydrogens is 280 g/mol. The fourth-order valence-corrected chi connectivity index (χ4v) is 2.19. The molecule has 0 spiro atoms. The third-order valence-electron chi connectivity index (χ3n) is 2.79. The van der Waals surface area contributed by atoms with E-state index < -0.39 is 24.1 Å². The normalized spacial score (nSPS) is 34.1. The SMILES string of the molecule is O=C(CS)O[C@@H]1CO[C@H]2[C@@H]1OC[C@H]2OC(=O)CS. The van der Waals surface area contributed by atoms with E-state index >= 15 is 0 Å². The summed E-state index contributed by atoms with van der Waals surface area (Å²) in [7, 11) is 0. The Labute approximate surface area is 115 Å². The maximum atomic E-state index is 11.2. The summed E-state index contributed by atoms with van der Waals surface area (Å²) < 4.78 is 21.2. The number of hydrogen-bond acceptors (Lipinski definition) is 8. The van der Waals surface area contributed by atoms with Crippen molar-refractivity contribution in [2.45, 2.75) is 24.4 Å². The van der Waals surface area contributed by atoms with Crippen LogP contribution in [-0.4, -0.2) is 61.1 Å². The third-order valence-corrected chi connectivity index (χ3v) is 3.30. The highest BCUT2D eigenvalue weighted by Crippen LogP contribution is 2.30. The van der Waals surface area contributed by atoms with Crippen molar-refractivity contribution in [3.8, 4) is 0 Å². The van der Waals surface area contributed by atoms with Gasteiger partial charge in [0.15, 0.2) is 12.2 Å². The van der Waals surface area contributed by atoms with Crippen molar-refractivity contribution in [3.63, 3.8) is 0 Å². The third kappa shape index (κ3) is 2.93. The molecule has 102 valence electrons. The number of hydrogen-bond donors (Lipinski definition) is 2. The first kappa shape index (κ1) is 14.0. The van der Waals surface area contributed by atoms with Crippen LogP contribution in [0.4, 0.5) is 0 Å². The first-order valence-corrected chi connectivity index (χ1v) is 6.76. The number of thiol groups is 2. The largest absolute Gasteiger partial charge is 0.456 e. The Morgan fingerprint density at radius 3 is 1.67 bits per heavy atom. The van der Waals surface area contributed by atoms with E-state index in [1.165, 1.54) is 0 Å². The number of ether oxygens (including phenoxy) is 4. The summed E-state index contributed by atoms with van der Waals surface area (Å²) in [5, 5.41) is 0. The summed E-state index contributed by atoms with van der Waals surface area (Å²) in [6, 6.07) is 0. The van der Waals surface area contributed by atoms with Gasteiger partial charge in [-0.3, -0.25) is 9.59 Å². The molecule has 0 saturated carbocycles. The average Bonchev–Trinajstić information content (AvgIpc) is 2.93. The van der Waals surface area contributed by atoms with E-state index in [9.17, 15) is 9.59 Å². The highest BCUT2D eigenvalue weighted by atomic mass is 32.1. The summed E-state index contributed by atoms with van der Waals surface area (Å²) in [5.41, 5.74) is 0. The maximum absolute atomic E-state index is 11.2. The van der Waals surface area contributed by atoms with Crippen molar-refractivity contribution in [2.24, 2.45) is 0 Å². The molecule has 0 amide bonds. The van der Waals surface area contributed by atoms with Gasteiger partial charge in [-0.15, -0.1) is 0 Å². The first-order chi connectivity index (χ1) is 8.65. The Morgan fingerprint density at radius 2 is 1.33 bits per heavy atom. The molecule has 18 heavy (non-hydrogen) atoms. The van der Waals surface area contributed by atoms with Crippen LogP contribution in [0.5, 0.6) is 0 Å². The molecule has 2 aliphatic heterocycles. The van der Waals surface area contributed by atoms with Gasteiger partial charge < -0.3 is 18.9 Å². The minimum absolute atomic E-state index is 0.00591. The van der Waals surface area contributed by atoms with E-state index in [4.69, 9.17) is 18.9 Å². The van der Waals surface area contributed by atoms with Crippen molar-refractivity contribution >= 4 is 37.2 Å². The highest BCUT2D eigenvalue weighted by Gasteiger charge is 2.50. The van der Waals surface area contributed by atoms with E-state index in [1.807, 2.05) is 0 Å². The summed E-state index contributed by atoms with van der Waals surface area (Å²) in [4.78, 5) is 22.3. The quantitative estimate of drug-likeness (QED) is 0.536. The molecule has 0 aromatic heterocycles. The molecule has 8 heteroatoms. The van der Waals surface area contributed by atoms with Gasteiger partial charge in [-0.25, -0.2) is 0 Å². The number of carbonyl (C=O) groups is 2. The molecule has 2 aliphatic rings. The average molecular weight is 294 g/mol. The minimum atomic E-state index is -0.464. The van der Waals surface area contributed by atoms with Crippen LogP contribution in [0.2, 0.25) is 0 Å². The van der Waals surface area contributed by atoms with Crippen molar-refractivity contribution in [1.82, 2.24) is 0 Å². The Bertz CT molecular complexity index is 304. The lowest BCUT2D eigenvalue weighted by Crippen LogP contribution is -2.36. The molecule has 4 atom stereocenters. The molecule has 2 saturated heterocycles. The summed E-state index contributed by atoms with van der Waals surface area (Å²) in [5.74, 6) is -0.836. The molecule has 2 heterocycles. The highest BCUT2D eigenvalue weighted by molar-refractivity contribution is 7.81. The molecular formula is C10H14O6S2. The smallest absolute Gasteiger partial charge is 0.316 e. The van der Waals surface area contributed by atoms with Crippen molar-refractivity contribution in [2.75, 3.05) is 24.7 Å². The lowest BCUT2D eigenvalue weighted by molar-refractivity contribution is -0.151. The monoisotopic (exact) mass is 294 g/mol. The van der Waals surface area contributed by atoms with Crippen LogP contribution in [0.1, 0.15) is 0 Å². The molecule has 0 unspecified atom stereocenters. The van der Waals surface area contributed by atoms with Gasteiger partial charge in [0.1, 0.15) is 12.2 Å². The van der Waals surface area contributed by atoms with Crippen LogP contribution in [0.15, 0.2) is 0 Å². The Kier molecular flexibility index (Phi) is 4.77. The van der Waals surface area contributed by atoms with Gasteiger partial charge in [0.25, 0.3) is 0 Å². The van der Waals surface area contributed by atoms with Crippen LogP contribution in [0.3, 0.4) is 0 Å². The zero-order valence-electron chi connectivity index (χ0n) is 9.48. The summed E-state index contributed by atoms with van der Waals surface area (Å²) in [6.07, 6.45) is -1.69. The molecule has 0 aliphatic carbocycles. The Balaban J connectivity index is 1.90. The maximum Gasteiger partial charge on any atom is 0.316 e. The fraction of sp³-hybridized carbons (Fsp3) is 0.800. The minimum Gasteiger partial charge on any atom is -0.456 e. The molecule has 0 aromatic carbocycles. The number of esters is 2. The molecule has 0 radical (unpaired) electrons. The van der Waals surface area contributed by atoms with Crippen molar-refractivity contribution < 1.29 is 28.5 Å². The zero-order chi connectivity index (χ0) is 13.1. The molecule has 0 N–H and O–H groups in total. The van der Waals surface area contributed by atoms with E-state index in [0.29, 0.717) is 0 Å². The molecule has 2 rings (SSSR count). The van der Waals surface area contributed by atoms with E-state index in [-0.39, 0.29) is 36.9 Å². The molecule has 0 aromatic rings. The van der Waals surface area contributed by atoms with Crippen LogP contribution in [0.25, 0.3) is 0 Å². The topological polar surface area (TPSA) is 71.1 Å². The standard InChI is InChI=1S/C10H14O6S2/c11-7(3-17)15-5-1-13-10-6(2-14-9(5)10)16-8(12)4-18/h5-6,9-10,17-18H,1-4H2/t5-,6-,9-,10-/m1/s1. The number of carbonyl (C=O) groups excluding carboxylic acids is 2. The van der Waals surface area contributed by atoms with Crippen molar-refractivity contribution in [3.05, 3.63) is 0 Å². The van der Waals surface area contributed by atoms with Gasteiger partial charge in [0.05, 0.1) is 24.7 Å². The number of rotatable bonds is 4. The number of fused-ring (bicyclic) bond motifs is 1. The summed E-state index contributed by atoms with van der Waals surface area (Å²) >= 11 is 7.65. The lowest BCUT2D eigenvalue weighted by Gasteiger charge is -2.16.